The van der Waals surface area contributed by atoms with Crippen LogP contribution in [0.2, 0.25) is 0 Å². The Morgan fingerprint density at radius 2 is 1.73 bits per heavy atom. The van der Waals surface area contributed by atoms with Gasteiger partial charge in [0.15, 0.2) is 0 Å². The van der Waals surface area contributed by atoms with Crippen molar-refractivity contribution >= 4 is 42.2 Å². The normalized spacial score (nSPS) is 18.9. The molecule has 1 heterocycles. The SMILES string of the molecule is CC(C)C(NC(=O)C(CCC(N)=O)NC(=O)C(CS)NC(=O)C1CCCN1)C(=O)O. The molecular formula is C18H31N5O6S. The average molecular weight is 446 g/mol. The molecule has 170 valence electrons. The smallest absolute Gasteiger partial charge is 0.326 e. The molecule has 1 rings (SSSR count). The van der Waals surface area contributed by atoms with Crippen LogP contribution in [0.5, 0.6) is 0 Å². The monoisotopic (exact) mass is 445 g/mol. The Kier molecular flexibility index (Phi) is 10.6. The second-order valence-electron chi connectivity index (χ2n) is 7.53. The lowest BCUT2D eigenvalue weighted by Gasteiger charge is -2.25. The molecule has 4 atom stereocenters. The Morgan fingerprint density at radius 3 is 2.20 bits per heavy atom. The van der Waals surface area contributed by atoms with E-state index in [1.165, 1.54) is 0 Å². The molecule has 1 saturated heterocycles. The highest BCUT2D eigenvalue weighted by Gasteiger charge is 2.31. The molecule has 0 radical (unpaired) electrons. The summed E-state index contributed by atoms with van der Waals surface area (Å²) >= 11 is 4.09. The van der Waals surface area contributed by atoms with Gasteiger partial charge in [-0.25, -0.2) is 4.79 Å². The minimum absolute atomic E-state index is 0.0157. The van der Waals surface area contributed by atoms with Crippen molar-refractivity contribution in [2.45, 2.75) is 63.7 Å². The molecule has 0 aromatic rings. The first-order valence-electron chi connectivity index (χ1n) is 9.83. The van der Waals surface area contributed by atoms with E-state index in [0.29, 0.717) is 13.0 Å². The van der Waals surface area contributed by atoms with Crippen molar-refractivity contribution in [3.63, 3.8) is 0 Å². The molecule has 7 N–H and O–H groups in total. The van der Waals surface area contributed by atoms with Crippen LogP contribution in [-0.4, -0.2) is 71.2 Å². The summed E-state index contributed by atoms with van der Waals surface area (Å²) in [5.41, 5.74) is 5.14. The lowest BCUT2D eigenvalue weighted by molar-refractivity contribution is -0.143. The zero-order chi connectivity index (χ0) is 22.8. The highest BCUT2D eigenvalue weighted by Crippen LogP contribution is 2.07. The van der Waals surface area contributed by atoms with E-state index in [2.05, 4.69) is 33.9 Å². The van der Waals surface area contributed by atoms with Crippen molar-refractivity contribution < 1.29 is 29.1 Å². The molecular weight excluding hydrogens is 414 g/mol. The number of nitrogens with two attached hydrogens (primary N) is 1. The quantitative estimate of drug-likeness (QED) is 0.172. The number of carboxylic acid groups (broad SMARTS) is 1. The first kappa shape index (κ1) is 25.7. The maximum Gasteiger partial charge on any atom is 0.326 e. The van der Waals surface area contributed by atoms with Crippen LogP contribution in [0.15, 0.2) is 0 Å². The van der Waals surface area contributed by atoms with Gasteiger partial charge in [-0.2, -0.15) is 12.6 Å². The summed E-state index contributed by atoms with van der Waals surface area (Å²) in [5.74, 6) is -4.08. The number of aliphatic carboxylic acids is 1. The van der Waals surface area contributed by atoms with Gasteiger partial charge in [0, 0.05) is 12.2 Å². The summed E-state index contributed by atoms with van der Waals surface area (Å²) < 4.78 is 0. The van der Waals surface area contributed by atoms with Crippen LogP contribution in [0.3, 0.4) is 0 Å². The maximum atomic E-state index is 12.6. The highest BCUT2D eigenvalue weighted by atomic mass is 32.1. The van der Waals surface area contributed by atoms with Gasteiger partial charge >= 0.3 is 5.97 Å². The van der Waals surface area contributed by atoms with Gasteiger partial charge < -0.3 is 32.1 Å². The standard InChI is InChI=1S/C18H31N5O6S/c1-9(2)14(18(28)29)23-16(26)11(5-6-13(19)24)21-17(27)12(8-30)22-15(25)10-4-3-7-20-10/h9-12,14,20,30H,3-8H2,1-2H3,(H2,19,24)(H,21,27)(H,22,25)(H,23,26)(H,28,29). The summed E-state index contributed by atoms with van der Waals surface area (Å²) in [6.45, 7) is 3.96. The number of amides is 4. The Morgan fingerprint density at radius 1 is 1.10 bits per heavy atom. The fraction of sp³-hybridized carbons (Fsp3) is 0.722. The largest absolute Gasteiger partial charge is 0.480 e. The molecule has 1 aliphatic heterocycles. The number of rotatable bonds is 12. The van der Waals surface area contributed by atoms with Gasteiger partial charge in [-0.05, 0) is 31.7 Å². The van der Waals surface area contributed by atoms with Crippen LogP contribution in [-0.2, 0) is 24.0 Å². The molecule has 0 aliphatic carbocycles. The van der Waals surface area contributed by atoms with E-state index in [9.17, 15) is 29.1 Å². The van der Waals surface area contributed by atoms with Crippen LogP contribution in [0.25, 0.3) is 0 Å². The lowest BCUT2D eigenvalue weighted by Crippen LogP contribution is -2.58. The van der Waals surface area contributed by atoms with Gasteiger partial charge in [-0.1, -0.05) is 13.8 Å². The number of nitrogens with one attached hydrogen (secondary N) is 4. The molecule has 0 saturated carbocycles. The summed E-state index contributed by atoms with van der Waals surface area (Å²) in [6.07, 6.45) is 1.20. The van der Waals surface area contributed by atoms with Crippen LogP contribution >= 0.6 is 12.6 Å². The van der Waals surface area contributed by atoms with E-state index >= 15 is 0 Å². The van der Waals surface area contributed by atoms with E-state index in [0.717, 1.165) is 6.42 Å². The predicted molar refractivity (Wildman–Crippen MR) is 112 cm³/mol. The van der Waals surface area contributed by atoms with E-state index in [-0.39, 0.29) is 24.5 Å². The minimum atomic E-state index is -1.22. The van der Waals surface area contributed by atoms with E-state index < -0.39 is 53.8 Å². The van der Waals surface area contributed by atoms with Gasteiger partial charge in [-0.15, -0.1) is 0 Å². The number of carbonyl (C=O) groups is 5. The maximum absolute atomic E-state index is 12.6. The third-order valence-electron chi connectivity index (χ3n) is 4.74. The van der Waals surface area contributed by atoms with Crippen molar-refractivity contribution in [3.05, 3.63) is 0 Å². The van der Waals surface area contributed by atoms with Crippen LogP contribution in [0, 0.1) is 5.92 Å². The van der Waals surface area contributed by atoms with Crippen LogP contribution in [0.4, 0.5) is 0 Å². The number of carbonyl (C=O) groups excluding carboxylic acids is 4. The third-order valence-corrected chi connectivity index (χ3v) is 5.10. The Labute approximate surface area is 180 Å². The molecule has 30 heavy (non-hydrogen) atoms. The minimum Gasteiger partial charge on any atom is -0.480 e. The number of carboxylic acids is 1. The fourth-order valence-electron chi connectivity index (χ4n) is 2.97. The van der Waals surface area contributed by atoms with Gasteiger partial charge in [0.05, 0.1) is 6.04 Å². The average Bonchev–Trinajstić information content (AvgIpc) is 3.20. The molecule has 12 heteroatoms. The fourth-order valence-corrected chi connectivity index (χ4v) is 3.23. The first-order chi connectivity index (χ1) is 14.1. The van der Waals surface area contributed by atoms with E-state index in [1.807, 2.05) is 0 Å². The molecule has 1 aliphatic rings. The van der Waals surface area contributed by atoms with Crippen LogP contribution in [0.1, 0.15) is 39.5 Å². The second-order valence-corrected chi connectivity index (χ2v) is 7.89. The van der Waals surface area contributed by atoms with Crippen molar-refractivity contribution in [2.75, 3.05) is 12.3 Å². The van der Waals surface area contributed by atoms with Gasteiger partial charge in [0.1, 0.15) is 18.1 Å². The number of hydrogen-bond donors (Lipinski definition) is 7. The van der Waals surface area contributed by atoms with E-state index in [1.54, 1.807) is 13.8 Å². The van der Waals surface area contributed by atoms with E-state index in [4.69, 9.17) is 5.73 Å². The topological polar surface area (TPSA) is 180 Å². The Hall–Kier alpha value is -2.34. The summed E-state index contributed by atoms with van der Waals surface area (Å²) in [7, 11) is 0. The number of primary amides is 1. The van der Waals surface area contributed by atoms with Crippen molar-refractivity contribution in [1.29, 1.82) is 0 Å². The Balaban J connectivity index is 2.83. The third kappa shape index (κ3) is 8.19. The molecule has 1 fully saturated rings. The lowest BCUT2D eigenvalue weighted by atomic mass is 10.0. The predicted octanol–water partition coefficient (Wildman–Crippen LogP) is -1.87. The van der Waals surface area contributed by atoms with Crippen molar-refractivity contribution in [2.24, 2.45) is 11.7 Å². The van der Waals surface area contributed by atoms with Gasteiger partial charge in [0.2, 0.25) is 23.6 Å². The summed E-state index contributed by atoms with van der Waals surface area (Å²) in [4.78, 5) is 60.0. The Bertz CT molecular complexity index is 653. The van der Waals surface area contributed by atoms with Crippen molar-refractivity contribution in [3.8, 4) is 0 Å². The van der Waals surface area contributed by atoms with Gasteiger partial charge in [-0.3, -0.25) is 19.2 Å². The molecule has 4 amide bonds. The summed E-state index contributed by atoms with van der Waals surface area (Å²) in [5, 5.41) is 19.7. The van der Waals surface area contributed by atoms with Crippen LogP contribution < -0.4 is 27.0 Å². The molecule has 0 aromatic heterocycles. The zero-order valence-corrected chi connectivity index (χ0v) is 18.0. The first-order valence-corrected chi connectivity index (χ1v) is 10.5. The zero-order valence-electron chi connectivity index (χ0n) is 17.1. The second kappa shape index (κ2) is 12.4. The molecule has 0 aromatic carbocycles. The molecule has 0 bridgehead atoms. The number of hydrogen-bond acceptors (Lipinski definition) is 7. The molecule has 4 unspecified atom stereocenters. The molecule has 0 spiro atoms. The summed E-state index contributed by atoms with van der Waals surface area (Å²) in [6, 6.07) is -3.77. The highest BCUT2D eigenvalue weighted by molar-refractivity contribution is 7.80. The molecule has 11 nitrogen and oxygen atoms in total. The van der Waals surface area contributed by atoms with Gasteiger partial charge in [0.25, 0.3) is 0 Å². The van der Waals surface area contributed by atoms with Crippen molar-refractivity contribution in [1.82, 2.24) is 21.3 Å². The number of thiol groups is 1.